The number of rotatable bonds is 12. The van der Waals surface area contributed by atoms with Crippen molar-refractivity contribution in [2.75, 3.05) is 78.7 Å². The van der Waals surface area contributed by atoms with Gasteiger partial charge in [-0.05, 0) is 201 Å². The van der Waals surface area contributed by atoms with Crippen LogP contribution in [0.1, 0.15) is 134 Å². The maximum atomic E-state index is 12.0. The normalized spacial score (nSPS) is 31.7. The van der Waals surface area contributed by atoms with Crippen molar-refractivity contribution in [3.8, 4) is 0 Å². The summed E-state index contributed by atoms with van der Waals surface area (Å²) in [6.07, 6.45) is 22.7. The van der Waals surface area contributed by atoms with E-state index in [0.717, 1.165) is 69.0 Å². The zero-order valence-corrected chi connectivity index (χ0v) is 51.4. The molecule has 6 aromatic rings. The van der Waals surface area contributed by atoms with E-state index in [0.29, 0.717) is 42.8 Å². The van der Waals surface area contributed by atoms with Gasteiger partial charge in [-0.1, -0.05) is 166 Å². The van der Waals surface area contributed by atoms with Gasteiger partial charge in [-0.2, -0.15) is 0 Å². The molecule has 0 amide bonds. The maximum Gasteiger partial charge on any atom is 1.00 e. The van der Waals surface area contributed by atoms with Gasteiger partial charge < -0.3 is 45.7 Å². The van der Waals surface area contributed by atoms with E-state index in [1.165, 1.54) is 167 Å². The first-order valence-electron chi connectivity index (χ1n) is 32.4. The second kappa shape index (κ2) is 26.4. The zero-order chi connectivity index (χ0) is 54.8. The van der Waals surface area contributed by atoms with Gasteiger partial charge in [0.1, 0.15) is 16.8 Å². The van der Waals surface area contributed by atoms with Gasteiger partial charge >= 0.3 is 29.6 Å². The molecule has 434 valence electrons. The number of aliphatic hydroxyl groups is 3. The van der Waals surface area contributed by atoms with Crippen LogP contribution in [0.2, 0.25) is 0 Å². The number of fused-ring (bicyclic) bond motifs is 12. The molecule has 3 saturated carbocycles. The van der Waals surface area contributed by atoms with Crippen molar-refractivity contribution >= 4 is 32.3 Å². The summed E-state index contributed by atoms with van der Waals surface area (Å²) in [4.78, 5) is 7.40. The molecule has 4 unspecified atom stereocenters. The fourth-order valence-electron chi connectivity index (χ4n) is 17.1. The molecule has 0 aromatic heterocycles. The first-order valence-corrected chi connectivity index (χ1v) is 32.4. The summed E-state index contributed by atoms with van der Waals surface area (Å²) in [5, 5.41) is 40.9. The number of piperidine rings is 9. The first-order chi connectivity index (χ1) is 39.7. The van der Waals surface area contributed by atoms with Crippen molar-refractivity contribution in [3.05, 3.63) is 144 Å². The Bertz CT molecular complexity index is 2880. The van der Waals surface area contributed by atoms with Crippen LogP contribution in [0, 0.1) is 35.5 Å². The number of ether oxygens (including phenoxy) is 3. The summed E-state index contributed by atoms with van der Waals surface area (Å²) >= 11 is 0. The molecule has 19 rings (SSSR count). The van der Waals surface area contributed by atoms with E-state index in [4.69, 9.17) is 14.2 Å². The smallest absolute Gasteiger partial charge is 1.00 e. The van der Waals surface area contributed by atoms with E-state index < -0.39 is 11.2 Å². The molecule has 6 atom stereocenters. The standard InChI is InChI=1S/2C24H31NO2.C17H18O.C7H13NO.Na.H/c2*26-24(20-8-2-3-9-20,17-27-23-16-25-14-12-19(23)13-15-25)22-11-5-7-18-6-1-4-10-21(18)22;1-4-10-15-13(6-1)7-5-11-16(15)17(12-18-17)14-8-2-3-9-14;9-7-5-8-3-1-6(7)2-4-8;;/h2*1,4-7,10-11,19-20,23,26H,2-3,8-9,12-17H2;1,4-7,10-11,14H,2-3,8-9,12H2;6-7,9H,1-5H2;;/q;;;;+1;-1/t2*23?,24-;;;;/m10..../s1. The van der Waals surface area contributed by atoms with Crippen LogP contribution in [0.3, 0.4) is 0 Å². The second-order valence-corrected chi connectivity index (χ2v) is 26.7. The van der Waals surface area contributed by atoms with Gasteiger partial charge in [0.15, 0.2) is 0 Å². The summed E-state index contributed by atoms with van der Waals surface area (Å²) in [5.41, 5.74) is 1.83. The van der Waals surface area contributed by atoms with Crippen molar-refractivity contribution in [2.45, 2.75) is 151 Å². The largest absolute Gasteiger partial charge is 1.00 e. The average Bonchev–Trinajstić information content (AvgIpc) is 3.39. The molecular weight excluding hydrogens is 1030 g/mol. The third-order valence-corrected chi connectivity index (χ3v) is 22.1. The summed E-state index contributed by atoms with van der Waals surface area (Å²) < 4.78 is 19.0. The van der Waals surface area contributed by atoms with Crippen LogP contribution in [0.5, 0.6) is 0 Å². The molecule has 82 heavy (non-hydrogen) atoms. The van der Waals surface area contributed by atoms with Crippen LogP contribution >= 0.6 is 0 Å². The molecule has 0 spiro atoms. The Kier molecular flexibility index (Phi) is 19.0. The molecule has 6 aromatic carbocycles. The van der Waals surface area contributed by atoms with Crippen LogP contribution in [0.25, 0.3) is 32.3 Å². The Morgan fingerprint density at radius 2 is 0.817 bits per heavy atom. The molecule has 10 saturated heterocycles. The van der Waals surface area contributed by atoms with E-state index in [9.17, 15) is 15.3 Å². The Hall–Kier alpha value is -3.26. The molecule has 10 aliphatic heterocycles. The number of benzene rings is 6. The fraction of sp³-hybridized carbons (Fsp3) is 0.583. The molecule has 10 heterocycles. The van der Waals surface area contributed by atoms with Crippen LogP contribution < -0.4 is 29.6 Å². The number of hydrogen-bond donors (Lipinski definition) is 3. The molecule has 10 heteroatoms. The van der Waals surface area contributed by atoms with Gasteiger partial charge in [-0.25, -0.2) is 0 Å². The van der Waals surface area contributed by atoms with Crippen molar-refractivity contribution in [1.82, 2.24) is 14.7 Å². The average molecular weight is 1120 g/mol. The van der Waals surface area contributed by atoms with Gasteiger partial charge in [-0.15, -0.1) is 0 Å². The van der Waals surface area contributed by atoms with E-state index in [1.54, 1.807) is 0 Å². The molecular formula is C72H94N3NaO6. The second-order valence-electron chi connectivity index (χ2n) is 26.7. The SMILES string of the molecule is OC1CN2CCC1CC2.O[C@@](COC1CN2CCC1CC2)(c1cccc2ccccc12)C1CCCC1.O[C@](COC1CN2CCC1CC2)(c1cccc2ccccc12)C1CCCC1.[H-].[Na+].c1ccc2c(C3(C4CCCC4)CO3)cccc2c1. The van der Waals surface area contributed by atoms with Gasteiger partial charge in [0.05, 0.1) is 38.1 Å². The maximum absolute atomic E-state index is 12.0. The summed E-state index contributed by atoms with van der Waals surface area (Å²) in [5.74, 6) is 3.32. The molecule has 13 fully saturated rings. The monoisotopic (exact) mass is 1120 g/mol. The van der Waals surface area contributed by atoms with E-state index in [2.05, 4.69) is 142 Å². The third kappa shape index (κ3) is 12.5. The van der Waals surface area contributed by atoms with Crippen molar-refractivity contribution in [2.24, 2.45) is 35.5 Å². The summed E-state index contributed by atoms with van der Waals surface area (Å²) in [7, 11) is 0. The quantitative estimate of drug-likeness (QED) is 0.0817. The molecule has 9 nitrogen and oxygen atoms in total. The van der Waals surface area contributed by atoms with E-state index in [-0.39, 0.29) is 54.9 Å². The third-order valence-electron chi connectivity index (χ3n) is 22.1. The minimum Gasteiger partial charge on any atom is -1.00 e. The molecule has 3 N–H and O–H groups in total. The topological polar surface area (TPSA) is 101 Å². The van der Waals surface area contributed by atoms with Gasteiger partial charge in [0.2, 0.25) is 0 Å². The van der Waals surface area contributed by atoms with Crippen molar-refractivity contribution in [3.63, 3.8) is 0 Å². The molecule has 13 aliphatic rings. The minimum atomic E-state index is -0.886. The number of aliphatic hydroxyl groups excluding tert-OH is 1. The number of hydrogen-bond acceptors (Lipinski definition) is 9. The van der Waals surface area contributed by atoms with Gasteiger partial charge in [-0.3, -0.25) is 0 Å². The number of epoxide rings is 1. The van der Waals surface area contributed by atoms with Crippen molar-refractivity contribution in [1.29, 1.82) is 0 Å². The Balaban J connectivity index is 0.000000121. The first kappa shape index (κ1) is 59.1. The summed E-state index contributed by atoms with van der Waals surface area (Å²) in [6, 6.07) is 44.9. The predicted octanol–water partition coefficient (Wildman–Crippen LogP) is 10.1. The Morgan fingerprint density at radius 1 is 0.451 bits per heavy atom. The molecule has 3 aliphatic carbocycles. The molecule has 0 radical (unpaired) electrons. The predicted molar refractivity (Wildman–Crippen MR) is 327 cm³/mol. The molecule has 6 bridgehead atoms. The van der Waals surface area contributed by atoms with Gasteiger partial charge in [0, 0.05) is 19.6 Å². The zero-order valence-electron chi connectivity index (χ0n) is 50.4. The Labute approximate surface area is 513 Å². The number of nitrogens with zero attached hydrogens (tertiary/aromatic N) is 3. The van der Waals surface area contributed by atoms with E-state index >= 15 is 0 Å². The fourth-order valence-corrected chi connectivity index (χ4v) is 17.1. The van der Waals surface area contributed by atoms with Crippen LogP contribution in [0.15, 0.2) is 127 Å². The Morgan fingerprint density at radius 3 is 1.20 bits per heavy atom. The van der Waals surface area contributed by atoms with Crippen LogP contribution in [-0.4, -0.2) is 127 Å². The van der Waals surface area contributed by atoms with Crippen molar-refractivity contribution < 1.29 is 60.5 Å². The van der Waals surface area contributed by atoms with Crippen LogP contribution in [0.4, 0.5) is 0 Å². The van der Waals surface area contributed by atoms with E-state index in [1.807, 2.05) is 0 Å². The summed E-state index contributed by atoms with van der Waals surface area (Å²) in [6.45, 7) is 12.1. The minimum absolute atomic E-state index is 0. The van der Waals surface area contributed by atoms with Crippen LogP contribution in [-0.2, 0) is 31.0 Å². The van der Waals surface area contributed by atoms with Gasteiger partial charge in [0.25, 0.3) is 0 Å².